The van der Waals surface area contributed by atoms with Crippen LogP contribution in [0.2, 0.25) is 0 Å². The highest BCUT2D eigenvalue weighted by molar-refractivity contribution is 5.45. The molecule has 0 saturated carbocycles. The zero-order valence-electron chi connectivity index (χ0n) is 9.90. The van der Waals surface area contributed by atoms with Gasteiger partial charge in [0.05, 0.1) is 17.3 Å². The van der Waals surface area contributed by atoms with E-state index in [1.807, 2.05) is 6.07 Å². The lowest BCUT2D eigenvalue weighted by molar-refractivity contribution is -0.385. The number of benzene rings is 1. The molecule has 1 heterocycles. The molecule has 2 rings (SSSR count). The van der Waals surface area contributed by atoms with Gasteiger partial charge in [-0.05, 0) is 19.1 Å². The lowest BCUT2D eigenvalue weighted by atomic mass is 10.2. The number of ether oxygens (including phenoxy) is 1. The Morgan fingerprint density at radius 2 is 2.16 bits per heavy atom. The fraction of sp³-hybridized carbons (Fsp3) is 0.0833. The summed E-state index contributed by atoms with van der Waals surface area (Å²) in [6, 6.07) is 6.22. The van der Waals surface area contributed by atoms with Crippen LogP contribution in [0.1, 0.15) is 11.3 Å². The van der Waals surface area contributed by atoms with Crippen LogP contribution in [0.3, 0.4) is 0 Å². The number of nitro benzene ring substituents is 1. The summed E-state index contributed by atoms with van der Waals surface area (Å²) < 4.78 is 5.39. The van der Waals surface area contributed by atoms with Crippen molar-refractivity contribution >= 4 is 5.69 Å². The second kappa shape index (κ2) is 5.10. The third-order valence-electron chi connectivity index (χ3n) is 2.33. The van der Waals surface area contributed by atoms with Gasteiger partial charge in [0, 0.05) is 11.6 Å². The van der Waals surface area contributed by atoms with Crippen molar-refractivity contribution in [2.45, 2.75) is 6.92 Å². The second-order valence-electron chi connectivity index (χ2n) is 3.66. The molecule has 0 unspecified atom stereocenters. The minimum absolute atomic E-state index is 0.0262. The van der Waals surface area contributed by atoms with Crippen molar-refractivity contribution in [2.75, 3.05) is 0 Å². The molecule has 0 radical (unpaired) electrons. The van der Waals surface area contributed by atoms with Crippen molar-refractivity contribution in [3.63, 3.8) is 0 Å². The van der Waals surface area contributed by atoms with Gasteiger partial charge in [-0.1, -0.05) is 0 Å². The van der Waals surface area contributed by atoms with Crippen LogP contribution in [0.25, 0.3) is 0 Å². The maximum atomic E-state index is 10.7. The Bertz CT molecular complexity index is 662. The molecule has 0 saturated heterocycles. The van der Waals surface area contributed by atoms with Crippen LogP contribution in [0.5, 0.6) is 11.6 Å². The van der Waals surface area contributed by atoms with E-state index in [-0.39, 0.29) is 17.3 Å². The van der Waals surface area contributed by atoms with E-state index in [9.17, 15) is 10.1 Å². The van der Waals surface area contributed by atoms with Crippen molar-refractivity contribution in [1.82, 2.24) is 9.97 Å². The predicted molar refractivity (Wildman–Crippen MR) is 64.7 cm³/mol. The first-order valence-electron chi connectivity index (χ1n) is 5.25. The van der Waals surface area contributed by atoms with Gasteiger partial charge >= 0.3 is 0 Å². The summed E-state index contributed by atoms with van der Waals surface area (Å²) in [6.07, 6.45) is 2.60. The zero-order valence-corrected chi connectivity index (χ0v) is 9.90. The van der Waals surface area contributed by atoms with E-state index in [0.29, 0.717) is 11.3 Å². The van der Waals surface area contributed by atoms with Crippen molar-refractivity contribution < 1.29 is 9.66 Å². The van der Waals surface area contributed by atoms with Crippen LogP contribution in [0, 0.1) is 28.4 Å². The molecular weight excluding hydrogens is 248 g/mol. The molecule has 0 aliphatic rings. The summed E-state index contributed by atoms with van der Waals surface area (Å²) in [5.74, 6) is 0.634. The topological polar surface area (TPSA) is 102 Å². The molecule has 1 aromatic carbocycles. The van der Waals surface area contributed by atoms with Crippen LogP contribution < -0.4 is 4.74 Å². The van der Waals surface area contributed by atoms with Crippen molar-refractivity contribution in [2.24, 2.45) is 0 Å². The van der Waals surface area contributed by atoms with E-state index in [2.05, 4.69) is 9.97 Å². The second-order valence-corrected chi connectivity index (χ2v) is 3.66. The van der Waals surface area contributed by atoms with Gasteiger partial charge in [0.15, 0.2) is 5.69 Å². The standard InChI is InChI=1S/C12H8N4O3/c1-8-4-10(2-3-11(8)16(17)18)19-12-7-14-9(5-13)6-15-12/h2-4,6-7H,1H3. The molecule has 7 nitrogen and oxygen atoms in total. The number of hydrogen-bond donors (Lipinski definition) is 0. The lowest BCUT2D eigenvalue weighted by Crippen LogP contribution is -1.94. The van der Waals surface area contributed by atoms with E-state index in [0.717, 1.165) is 0 Å². The van der Waals surface area contributed by atoms with Crippen molar-refractivity contribution in [3.05, 3.63) is 52.0 Å². The highest BCUT2D eigenvalue weighted by Crippen LogP contribution is 2.25. The number of aromatic nitrogens is 2. The van der Waals surface area contributed by atoms with Gasteiger partial charge in [0.1, 0.15) is 11.8 Å². The molecule has 19 heavy (non-hydrogen) atoms. The maximum absolute atomic E-state index is 10.7. The Kier molecular flexibility index (Phi) is 3.34. The third-order valence-corrected chi connectivity index (χ3v) is 2.33. The Balaban J connectivity index is 2.21. The molecule has 2 aromatic rings. The van der Waals surface area contributed by atoms with E-state index in [1.54, 1.807) is 6.92 Å². The molecule has 0 spiro atoms. The normalized spacial score (nSPS) is 9.68. The monoisotopic (exact) mass is 256 g/mol. The number of aryl methyl sites for hydroxylation is 1. The Morgan fingerprint density at radius 3 is 2.68 bits per heavy atom. The van der Waals surface area contributed by atoms with Gasteiger partial charge < -0.3 is 4.74 Å². The molecule has 1 aromatic heterocycles. The quantitative estimate of drug-likeness (QED) is 0.617. The Hall–Kier alpha value is -3.01. The predicted octanol–water partition coefficient (Wildman–Crippen LogP) is 2.36. The van der Waals surface area contributed by atoms with Gasteiger partial charge in [-0.15, -0.1) is 0 Å². The van der Waals surface area contributed by atoms with Crippen LogP contribution in [-0.4, -0.2) is 14.9 Å². The van der Waals surface area contributed by atoms with Crippen LogP contribution >= 0.6 is 0 Å². The number of nitrogens with zero attached hydrogens (tertiary/aromatic N) is 4. The molecular formula is C12H8N4O3. The lowest BCUT2D eigenvalue weighted by Gasteiger charge is -2.05. The van der Waals surface area contributed by atoms with E-state index >= 15 is 0 Å². The smallest absolute Gasteiger partial charge is 0.272 e. The van der Waals surface area contributed by atoms with Crippen LogP contribution in [0.4, 0.5) is 5.69 Å². The van der Waals surface area contributed by atoms with Gasteiger partial charge in [-0.25, -0.2) is 9.97 Å². The summed E-state index contributed by atoms with van der Waals surface area (Å²) >= 11 is 0. The fourth-order valence-corrected chi connectivity index (χ4v) is 1.44. The third kappa shape index (κ3) is 2.81. The van der Waals surface area contributed by atoms with Crippen LogP contribution in [-0.2, 0) is 0 Å². The van der Waals surface area contributed by atoms with Crippen molar-refractivity contribution in [1.29, 1.82) is 5.26 Å². The number of nitro groups is 1. The number of nitriles is 1. The molecule has 0 atom stereocenters. The average molecular weight is 256 g/mol. The first-order chi connectivity index (χ1) is 9.10. The SMILES string of the molecule is Cc1cc(Oc2cnc(C#N)cn2)ccc1[N+](=O)[O-]. The summed E-state index contributed by atoms with van der Waals surface area (Å²) in [5, 5.41) is 19.3. The Labute approximate surface area is 108 Å². The zero-order chi connectivity index (χ0) is 13.8. The first kappa shape index (κ1) is 12.4. The van der Waals surface area contributed by atoms with Crippen molar-refractivity contribution in [3.8, 4) is 17.7 Å². The van der Waals surface area contributed by atoms with Gasteiger partial charge in [0.2, 0.25) is 5.88 Å². The summed E-state index contributed by atoms with van der Waals surface area (Å²) in [5.41, 5.74) is 0.703. The molecule has 7 heteroatoms. The molecule has 0 fully saturated rings. The molecule has 94 valence electrons. The summed E-state index contributed by atoms with van der Waals surface area (Å²) in [4.78, 5) is 17.9. The van der Waals surface area contributed by atoms with E-state index in [4.69, 9.17) is 10.00 Å². The number of rotatable bonds is 3. The van der Waals surface area contributed by atoms with Gasteiger partial charge in [-0.3, -0.25) is 10.1 Å². The molecule has 0 aliphatic carbocycles. The molecule has 0 bridgehead atoms. The van der Waals surface area contributed by atoms with Gasteiger partial charge in [-0.2, -0.15) is 5.26 Å². The fourth-order valence-electron chi connectivity index (χ4n) is 1.44. The highest BCUT2D eigenvalue weighted by Gasteiger charge is 2.11. The molecule has 0 amide bonds. The Morgan fingerprint density at radius 1 is 1.37 bits per heavy atom. The largest absolute Gasteiger partial charge is 0.437 e. The van der Waals surface area contributed by atoms with Gasteiger partial charge in [0.25, 0.3) is 5.69 Å². The first-order valence-corrected chi connectivity index (χ1v) is 5.25. The summed E-state index contributed by atoms with van der Waals surface area (Å²) in [7, 11) is 0. The summed E-state index contributed by atoms with van der Waals surface area (Å²) in [6.45, 7) is 1.62. The highest BCUT2D eigenvalue weighted by atomic mass is 16.6. The average Bonchev–Trinajstić information content (AvgIpc) is 2.39. The van der Waals surface area contributed by atoms with E-state index < -0.39 is 4.92 Å². The minimum atomic E-state index is -0.458. The van der Waals surface area contributed by atoms with Crippen LogP contribution in [0.15, 0.2) is 30.6 Å². The number of hydrogen-bond acceptors (Lipinski definition) is 6. The molecule has 0 N–H and O–H groups in total. The molecule has 0 aliphatic heterocycles. The maximum Gasteiger partial charge on any atom is 0.272 e. The minimum Gasteiger partial charge on any atom is -0.437 e. The van der Waals surface area contributed by atoms with E-state index in [1.165, 1.54) is 30.6 Å².